The van der Waals surface area contributed by atoms with Crippen LogP contribution in [0.15, 0.2) is 90.1 Å². The van der Waals surface area contributed by atoms with Crippen LogP contribution in [0.3, 0.4) is 0 Å². The van der Waals surface area contributed by atoms with Gasteiger partial charge in [-0.05, 0) is 28.8 Å². The van der Waals surface area contributed by atoms with Gasteiger partial charge in [-0.1, -0.05) is 78.0 Å². The second-order valence-electron chi connectivity index (χ2n) is 8.43. The van der Waals surface area contributed by atoms with Gasteiger partial charge in [0, 0.05) is 32.6 Å². The summed E-state index contributed by atoms with van der Waals surface area (Å²) >= 11 is 0. The summed E-state index contributed by atoms with van der Waals surface area (Å²) < 4.78 is 13.2. The Bertz CT molecular complexity index is 1070. The molecule has 0 aromatic heterocycles. The third-order valence-electron chi connectivity index (χ3n) is 6.34. The highest BCUT2D eigenvalue weighted by Crippen LogP contribution is 2.30. The maximum Gasteiger partial charge on any atom is 0.266 e. The Morgan fingerprint density at radius 3 is 2.00 bits per heavy atom. The highest BCUT2D eigenvalue weighted by molar-refractivity contribution is 6.04. The average molecular weight is 444 g/mol. The van der Waals surface area contributed by atoms with Crippen molar-refractivity contribution >= 4 is 11.6 Å². The lowest BCUT2D eigenvalue weighted by molar-refractivity contribution is -0.144. The summed E-state index contributed by atoms with van der Waals surface area (Å²) in [6.07, 6.45) is -0.211. The zero-order valence-electron chi connectivity index (χ0n) is 18.3. The predicted octanol–water partition coefficient (Wildman–Crippen LogP) is 4.25. The van der Waals surface area contributed by atoms with Gasteiger partial charge in [0.05, 0.1) is 11.8 Å². The van der Waals surface area contributed by atoms with Crippen molar-refractivity contribution in [2.45, 2.75) is 18.6 Å². The van der Waals surface area contributed by atoms with Crippen LogP contribution < -0.4 is 0 Å². The van der Waals surface area contributed by atoms with Crippen LogP contribution in [0.2, 0.25) is 0 Å². The molecule has 1 saturated heterocycles. The molecule has 33 heavy (non-hydrogen) atoms. The summed E-state index contributed by atoms with van der Waals surface area (Å²) in [5.74, 6) is -0.334. The minimum atomic E-state index is -0.615. The Morgan fingerprint density at radius 2 is 1.42 bits per heavy atom. The Balaban J connectivity index is 1.23. The molecule has 1 fully saturated rings. The van der Waals surface area contributed by atoms with Crippen molar-refractivity contribution in [3.8, 4) is 0 Å². The molecule has 5 rings (SSSR count). The molecule has 2 aliphatic rings. The molecule has 0 N–H and O–H groups in total. The highest BCUT2D eigenvalue weighted by Gasteiger charge is 2.35. The minimum absolute atomic E-state index is 0.0357. The van der Waals surface area contributed by atoms with Gasteiger partial charge in [-0.25, -0.2) is 4.39 Å². The first kappa shape index (κ1) is 21.3. The molecule has 1 atom stereocenters. The quantitative estimate of drug-likeness (QED) is 0.592. The molecule has 0 aliphatic carbocycles. The molecule has 2 aliphatic heterocycles. The molecule has 3 aromatic carbocycles. The van der Waals surface area contributed by atoms with Gasteiger partial charge in [-0.2, -0.15) is 0 Å². The Labute approximate surface area is 193 Å². The van der Waals surface area contributed by atoms with Crippen LogP contribution in [-0.4, -0.2) is 53.7 Å². The summed E-state index contributed by atoms with van der Waals surface area (Å²) in [6.45, 7) is 2.83. The molecule has 0 spiro atoms. The van der Waals surface area contributed by atoms with Crippen molar-refractivity contribution < 1.29 is 14.0 Å². The van der Waals surface area contributed by atoms with E-state index in [1.54, 1.807) is 12.1 Å². The van der Waals surface area contributed by atoms with Gasteiger partial charge in [0.1, 0.15) is 5.82 Å². The van der Waals surface area contributed by atoms with Gasteiger partial charge < -0.3 is 9.74 Å². The minimum Gasteiger partial charge on any atom is -0.382 e. The van der Waals surface area contributed by atoms with E-state index in [1.807, 2.05) is 17.0 Å². The van der Waals surface area contributed by atoms with Crippen molar-refractivity contribution in [2.24, 2.45) is 5.16 Å². The fourth-order valence-electron chi connectivity index (χ4n) is 4.61. The maximum absolute atomic E-state index is 13.2. The predicted molar refractivity (Wildman–Crippen MR) is 125 cm³/mol. The first-order valence-electron chi connectivity index (χ1n) is 11.3. The highest BCUT2D eigenvalue weighted by atomic mass is 19.1. The molecule has 0 saturated carbocycles. The first-order chi connectivity index (χ1) is 16.2. The van der Waals surface area contributed by atoms with Gasteiger partial charge >= 0.3 is 0 Å². The van der Waals surface area contributed by atoms with Crippen molar-refractivity contribution in [3.63, 3.8) is 0 Å². The molecule has 1 amide bonds. The molecule has 168 valence electrons. The third kappa shape index (κ3) is 4.66. The number of hydrogen-bond donors (Lipinski definition) is 0. The maximum atomic E-state index is 13.2. The summed E-state index contributed by atoms with van der Waals surface area (Å²) in [5, 5.41) is 4.09. The first-order valence-corrected chi connectivity index (χ1v) is 11.3. The average Bonchev–Trinajstić information content (AvgIpc) is 3.36. The van der Waals surface area contributed by atoms with Crippen molar-refractivity contribution in [2.75, 3.05) is 26.2 Å². The number of oxime groups is 1. The number of carbonyl (C=O) groups excluding carboxylic acids is 1. The van der Waals surface area contributed by atoms with E-state index in [4.69, 9.17) is 4.84 Å². The SMILES string of the molecule is O=C([C@H]1CC(c2ccc(F)cc2)=NO1)N1CCN(C(c2ccccc2)c2ccccc2)CC1. The normalized spacial score (nSPS) is 18.8. The molecule has 0 radical (unpaired) electrons. The van der Waals surface area contributed by atoms with Crippen LogP contribution in [0.5, 0.6) is 0 Å². The van der Waals surface area contributed by atoms with Crippen LogP contribution >= 0.6 is 0 Å². The van der Waals surface area contributed by atoms with E-state index in [2.05, 4.69) is 58.6 Å². The van der Waals surface area contributed by atoms with E-state index >= 15 is 0 Å². The number of carbonyl (C=O) groups is 1. The van der Waals surface area contributed by atoms with Gasteiger partial charge in [0.2, 0.25) is 6.10 Å². The number of hydrogen-bond acceptors (Lipinski definition) is 4. The van der Waals surface area contributed by atoms with Crippen molar-refractivity contribution in [1.82, 2.24) is 9.80 Å². The second-order valence-corrected chi connectivity index (χ2v) is 8.43. The van der Waals surface area contributed by atoms with Gasteiger partial charge in [0.25, 0.3) is 5.91 Å². The fourth-order valence-corrected chi connectivity index (χ4v) is 4.61. The molecule has 6 heteroatoms. The lowest BCUT2D eigenvalue weighted by Gasteiger charge is -2.40. The standard InChI is InChI=1S/C27H26FN3O2/c28-23-13-11-20(12-14-23)24-19-25(33-29-24)27(32)31-17-15-30(16-18-31)26(21-7-3-1-4-8-21)22-9-5-2-6-10-22/h1-14,25-26H,15-19H2/t25-/m1/s1. The summed E-state index contributed by atoms with van der Waals surface area (Å²) in [6, 6.07) is 27.3. The van der Waals surface area contributed by atoms with E-state index < -0.39 is 6.10 Å². The van der Waals surface area contributed by atoms with Gasteiger partial charge in [-0.3, -0.25) is 9.69 Å². The molecular formula is C27H26FN3O2. The monoisotopic (exact) mass is 443 g/mol. The molecule has 0 bridgehead atoms. The number of nitrogens with zero attached hydrogens (tertiary/aromatic N) is 3. The smallest absolute Gasteiger partial charge is 0.266 e. The fraction of sp³-hybridized carbons (Fsp3) is 0.259. The van der Waals surface area contributed by atoms with E-state index in [9.17, 15) is 9.18 Å². The van der Waals surface area contributed by atoms with E-state index in [0.717, 1.165) is 18.7 Å². The van der Waals surface area contributed by atoms with Crippen LogP contribution in [0.25, 0.3) is 0 Å². The lowest BCUT2D eigenvalue weighted by atomic mass is 9.96. The number of piperazine rings is 1. The number of halogens is 1. The van der Waals surface area contributed by atoms with Crippen LogP contribution in [0.1, 0.15) is 29.2 Å². The molecule has 3 aromatic rings. The summed E-state index contributed by atoms with van der Waals surface area (Å²) in [5.41, 5.74) is 3.96. The second kappa shape index (κ2) is 9.55. The number of amides is 1. The number of rotatable bonds is 5. The third-order valence-corrected chi connectivity index (χ3v) is 6.34. The zero-order valence-corrected chi connectivity index (χ0v) is 18.3. The largest absolute Gasteiger partial charge is 0.382 e. The van der Waals surface area contributed by atoms with E-state index in [-0.39, 0.29) is 17.8 Å². The van der Waals surface area contributed by atoms with Crippen LogP contribution in [0, 0.1) is 5.82 Å². The summed E-state index contributed by atoms with van der Waals surface area (Å²) in [7, 11) is 0. The van der Waals surface area contributed by atoms with Crippen LogP contribution in [-0.2, 0) is 9.63 Å². The van der Waals surface area contributed by atoms with Crippen molar-refractivity contribution in [1.29, 1.82) is 0 Å². The molecular weight excluding hydrogens is 417 g/mol. The molecule has 2 heterocycles. The number of benzene rings is 3. The Kier molecular flexibility index (Phi) is 6.17. The molecule has 5 nitrogen and oxygen atoms in total. The van der Waals surface area contributed by atoms with Crippen molar-refractivity contribution in [3.05, 3.63) is 107 Å². The van der Waals surface area contributed by atoms with Gasteiger partial charge in [-0.15, -0.1) is 0 Å². The Morgan fingerprint density at radius 1 is 0.848 bits per heavy atom. The summed E-state index contributed by atoms with van der Waals surface area (Å²) in [4.78, 5) is 22.9. The van der Waals surface area contributed by atoms with Crippen LogP contribution in [0.4, 0.5) is 4.39 Å². The zero-order chi connectivity index (χ0) is 22.6. The Hall–Kier alpha value is -3.51. The topological polar surface area (TPSA) is 45.1 Å². The van der Waals surface area contributed by atoms with E-state index in [1.165, 1.54) is 23.3 Å². The van der Waals surface area contributed by atoms with Gasteiger partial charge in [0.15, 0.2) is 0 Å². The van der Waals surface area contributed by atoms with E-state index in [0.29, 0.717) is 25.2 Å². The molecule has 0 unspecified atom stereocenters. The lowest BCUT2D eigenvalue weighted by Crippen LogP contribution is -2.52.